The number of hydrogen-bond acceptors (Lipinski definition) is 5. The summed E-state index contributed by atoms with van der Waals surface area (Å²) in [6, 6.07) is 8.25. The van der Waals surface area contributed by atoms with Crippen LogP contribution in [0.4, 0.5) is 31.1 Å². The normalized spacial score (nSPS) is 15.7. The predicted octanol–water partition coefficient (Wildman–Crippen LogP) is 5.47. The lowest BCUT2D eigenvalue weighted by Gasteiger charge is -2.14. The number of thioether (sulfide) groups is 1. The smallest absolute Gasteiger partial charge is 0.346 e. The van der Waals surface area contributed by atoms with Gasteiger partial charge in [0.05, 0.1) is 28.7 Å². The van der Waals surface area contributed by atoms with Crippen LogP contribution in [0.15, 0.2) is 47.5 Å². The minimum Gasteiger partial charge on any atom is -0.346 e. The molecule has 1 fully saturated rings. The van der Waals surface area contributed by atoms with Crippen molar-refractivity contribution in [3.63, 3.8) is 0 Å². The van der Waals surface area contributed by atoms with E-state index in [-0.39, 0.29) is 22.0 Å². The van der Waals surface area contributed by atoms with Crippen molar-refractivity contribution < 1.29 is 40.7 Å². The number of hydrogen-bond donors (Lipinski definition) is 1. The van der Waals surface area contributed by atoms with Crippen LogP contribution in [0.1, 0.15) is 16.7 Å². The van der Waals surface area contributed by atoms with Gasteiger partial charge in [-0.1, -0.05) is 23.7 Å². The Morgan fingerprint density at radius 1 is 1.08 bits per heavy atom. The number of amides is 3. The van der Waals surface area contributed by atoms with E-state index in [9.17, 15) is 40.7 Å². The molecule has 1 N–H and O–H groups in total. The van der Waals surface area contributed by atoms with Crippen molar-refractivity contribution in [2.45, 2.75) is 18.9 Å². The highest BCUT2D eigenvalue weighted by atomic mass is 35.5. The van der Waals surface area contributed by atoms with E-state index in [2.05, 4.69) is 5.10 Å². The molecule has 0 atom stereocenters. The summed E-state index contributed by atoms with van der Waals surface area (Å²) in [5.41, 5.74) is 0.0872. The van der Waals surface area contributed by atoms with E-state index in [0.29, 0.717) is 33.1 Å². The molecule has 0 saturated carbocycles. The highest BCUT2D eigenvalue weighted by Gasteiger charge is 2.39. The van der Waals surface area contributed by atoms with Crippen molar-refractivity contribution in [1.29, 1.82) is 0 Å². The monoisotopic (exact) mass is 576 g/mol. The van der Waals surface area contributed by atoms with E-state index in [1.807, 2.05) is 0 Å². The van der Waals surface area contributed by atoms with Crippen LogP contribution in [0.2, 0.25) is 5.02 Å². The lowest BCUT2D eigenvalue weighted by molar-refractivity contribution is -0.173. The Kier molecular flexibility index (Phi) is 7.48. The highest BCUT2D eigenvalue weighted by Crippen LogP contribution is 2.35. The van der Waals surface area contributed by atoms with Gasteiger partial charge in [0.1, 0.15) is 0 Å². The maximum absolute atomic E-state index is 13.4. The molecule has 3 aromatic rings. The molecular weight excluding hydrogens is 562 g/mol. The fourth-order valence-electron chi connectivity index (χ4n) is 3.66. The molecule has 1 aliphatic rings. The molecule has 4 rings (SSSR count). The zero-order chi connectivity index (χ0) is 27.8. The number of benzene rings is 2. The SMILES string of the molecule is O=C1S/C(=C\c2ccc3c(cnn3Cc3ccc(Cl)cc3C(F)(F)F)c2)C(=O)N1CCNC(=O)C(F)(F)F. The second kappa shape index (κ2) is 10.3. The molecule has 200 valence electrons. The van der Waals surface area contributed by atoms with Crippen molar-refractivity contribution in [3.05, 3.63) is 69.2 Å². The predicted molar refractivity (Wildman–Crippen MR) is 127 cm³/mol. The van der Waals surface area contributed by atoms with Gasteiger partial charge in [0.2, 0.25) is 0 Å². The van der Waals surface area contributed by atoms with Crippen molar-refractivity contribution in [3.8, 4) is 0 Å². The number of halogens is 7. The summed E-state index contributed by atoms with van der Waals surface area (Å²) in [7, 11) is 0. The summed E-state index contributed by atoms with van der Waals surface area (Å²) in [6.45, 7) is -1.20. The van der Waals surface area contributed by atoms with Crippen LogP contribution in [0.3, 0.4) is 0 Å². The number of nitrogens with zero attached hydrogens (tertiary/aromatic N) is 3. The minimum absolute atomic E-state index is 0.0138. The number of rotatable bonds is 6. The first-order valence-corrected chi connectivity index (χ1v) is 11.8. The van der Waals surface area contributed by atoms with E-state index in [4.69, 9.17) is 11.6 Å². The summed E-state index contributed by atoms with van der Waals surface area (Å²) in [4.78, 5) is 36.3. The molecule has 2 aromatic carbocycles. The van der Waals surface area contributed by atoms with Gasteiger partial charge in [-0.15, -0.1) is 0 Å². The number of imide groups is 1. The first-order chi connectivity index (χ1) is 17.7. The molecule has 0 unspecified atom stereocenters. The first kappa shape index (κ1) is 27.5. The molecule has 0 bridgehead atoms. The number of carbonyl (C=O) groups is 3. The molecule has 1 aliphatic heterocycles. The van der Waals surface area contributed by atoms with Crippen LogP contribution < -0.4 is 5.32 Å². The van der Waals surface area contributed by atoms with Gasteiger partial charge in [-0.3, -0.25) is 24.0 Å². The third-order valence-electron chi connectivity index (χ3n) is 5.41. The minimum atomic E-state index is -5.08. The van der Waals surface area contributed by atoms with Crippen LogP contribution in [-0.2, 0) is 22.3 Å². The lowest BCUT2D eigenvalue weighted by Crippen LogP contribution is -2.42. The van der Waals surface area contributed by atoms with Gasteiger partial charge in [-0.05, 0) is 53.2 Å². The van der Waals surface area contributed by atoms with E-state index in [1.165, 1.54) is 29.1 Å². The Labute approximate surface area is 219 Å². The quantitative estimate of drug-likeness (QED) is 0.311. The number of fused-ring (bicyclic) bond motifs is 1. The third kappa shape index (κ3) is 5.96. The molecule has 0 radical (unpaired) electrons. The van der Waals surface area contributed by atoms with E-state index < -0.39 is 48.1 Å². The fraction of sp³-hybridized carbons (Fsp3) is 0.217. The molecule has 2 heterocycles. The fourth-order valence-corrected chi connectivity index (χ4v) is 4.70. The summed E-state index contributed by atoms with van der Waals surface area (Å²) in [5.74, 6) is -2.92. The van der Waals surface area contributed by atoms with Gasteiger partial charge in [0.15, 0.2) is 0 Å². The molecule has 15 heteroatoms. The van der Waals surface area contributed by atoms with Gasteiger partial charge < -0.3 is 5.32 Å². The summed E-state index contributed by atoms with van der Waals surface area (Å²) in [5, 5.41) is 5.55. The van der Waals surface area contributed by atoms with Gasteiger partial charge in [-0.25, -0.2) is 0 Å². The van der Waals surface area contributed by atoms with Crippen molar-refractivity contribution in [1.82, 2.24) is 20.0 Å². The van der Waals surface area contributed by atoms with Gasteiger partial charge in [0, 0.05) is 23.5 Å². The molecule has 3 amide bonds. The summed E-state index contributed by atoms with van der Waals surface area (Å²) >= 11 is 6.32. The molecule has 1 aromatic heterocycles. The Morgan fingerprint density at radius 3 is 2.50 bits per heavy atom. The Hall–Kier alpha value is -3.52. The number of carbonyl (C=O) groups excluding carboxylic acids is 3. The largest absolute Gasteiger partial charge is 0.471 e. The van der Waals surface area contributed by atoms with Gasteiger partial charge >= 0.3 is 18.3 Å². The highest BCUT2D eigenvalue weighted by molar-refractivity contribution is 8.18. The Bertz CT molecular complexity index is 1470. The Balaban J connectivity index is 1.50. The van der Waals surface area contributed by atoms with E-state index >= 15 is 0 Å². The van der Waals surface area contributed by atoms with Gasteiger partial charge in [-0.2, -0.15) is 31.4 Å². The van der Waals surface area contributed by atoms with Crippen LogP contribution in [0.5, 0.6) is 0 Å². The summed E-state index contributed by atoms with van der Waals surface area (Å²) in [6.07, 6.45) is -6.86. The number of alkyl halides is 6. The number of nitrogens with one attached hydrogen (secondary N) is 1. The van der Waals surface area contributed by atoms with Crippen molar-refractivity contribution >= 4 is 57.4 Å². The average Bonchev–Trinajstić information content (AvgIpc) is 3.33. The number of aromatic nitrogens is 2. The Morgan fingerprint density at radius 2 is 1.82 bits per heavy atom. The molecule has 1 saturated heterocycles. The maximum Gasteiger partial charge on any atom is 0.471 e. The standard InChI is InChI=1S/C23H15ClF6N4O3S/c24-15-3-2-13(16(9-15)22(25,26)27)11-34-17-4-1-12(7-14(17)10-32-34)8-18-19(35)33(21(37)38-18)6-5-31-20(36)23(28,29)30/h1-4,7-10H,5-6,11H2,(H,31,36)/b18-8-. The topological polar surface area (TPSA) is 84.3 Å². The zero-order valence-corrected chi connectivity index (χ0v) is 20.4. The molecule has 0 spiro atoms. The maximum atomic E-state index is 13.4. The lowest BCUT2D eigenvalue weighted by atomic mass is 10.1. The second-order valence-corrected chi connectivity index (χ2v) is 9.44. The molecule has 7 nitrogen and oxygen atoms in total. The van der Waals surface area contributed by atoms with Crippen LogP contribution >= 0.6 is 23.4 Å². The second-order valence-electron chi connectivity index (χ2n) is 8.01. The molecule has 0 aliphatic carbocycles. The van der Waals surface area contributed by atoms with Crippen LogP contribution in [0, 0.1) is 0 Å². The van der Waals surface area contributed by atoms with Crippen LogP contribution in [-0.4, -0.2) is 51.0 Å². The van der Waals surface area contributed by atoms with Crippen molar-refractivity contribution in [2.24, 2.45) is 0 Å². The van der Waals surface area contributed by atoms with Crippen molar-refractivity contribution in [2.75, 3.05) is 13.1 Å². The third-order valence-corrected chi connectivity index (χ3v) is 6.56. The molecular formula is C23H15ClF6N4O3S. The zero-order valence-electron chi connectivity index (χ0n) is 18.9. The van der Waals surface area contributed by atoms with E-state index in [1.54, 1.807) is 23.5 Å². The first-order valence-electron chi connectivity index (χ1n) is 10.7. The average molecular weight is 577 g/mol. The van der Waals surface area contributed by atoms with E-state index in [0.717, 1.165) is 6.07 Å². The van der Waals surface area contributed by atoms with Gasteiger partial charge in [0.25, 0.3) is 11.1 Å². The van der Waals surface area contributed by atoms with Crippen LogP contribution in [0.25, 0.3) is 17.0 Å². The molecule has 38 heavy (non-hydrogen) atoms. The summed E-state index contributed by atoms with van der Waals surface area (Å²) < 4.78 is 78.5.